The van der Waals surface area contributed by atoms with E-state index in [-0.39, 0.29) is 6.61 Å². The second-order valence-electron chi connectivity index (χ2n) is 8.79. The minimum Gasteiger partial charge on any atom is -0.497 e. The first kappa shape index (κ1) is 25.9. The highest BCUT2D eigenvalue weighted by Crippen LogP contribution is 2.37. The molecule has 0 aromatic heterocycles. The average Bonchev–Trinajstić information content (AvgIpc) is 2.98. The van der Waals surface area contributed by atoms with E-state index in [1.807, 2.05) is 12.1 Å². The molecule has 9 heteroatoms. The fraction of sp³-hybridized carbons (Fsp3) is 0.310. The summed E-state index contributed by atoms with van der Waals surface area (Å²) < 4.78 is 40.9. The number of methoxy groups -OCH3 is 2. The number of ether oxygens (including phenoxy) is 7. The van der Waals surface area contributed by atoms with Gasteiger partial charge in [0.15, 0.2) is 24.8 Å². The molecule has 6 atom stereocenters. The molecule has 38 heavy (non-hydrogen) atoms. The van der Waals surface area contributed by atoms with Crippen molar-refractivity contribution in [1.82, 2.24) is 0 Å². The molecule has 0 N–H and O–H groups in total. The minimum atomic E-state index is -1.11. The van der Waals surface area contributed by atoms with Gasteiger partial charge in [-0.1, -0.05) is 48.5 Å². The van der Waals surface area contributed by atoms with Gasteiger partial charge in [-0.05, 0) is 36.4 Å². The smallest absolute Gasteiger partial charge is 0.338 e. The van der Waals surface area contributed by atoms with Crippen LogP contribution in [0.15, 0.2) is 84.9 Å². The number of esters is 2. The summed E-state index contributed by atoms with van der Waals surface area (Å²) >= 11 is 0. The number of fused-ring (bicyclic) bond motifs is 1. The first-order chi connectivity index (χ1) is 18.6. The molecule has 3 aromatic rings. The Balaban J connectivity index is 1.45. The van der Waals surface area contributed by atoms with Gasteiger partial charge in [0, 0.05) is 12.7 Å². The van der Waals surface area contributed by atoms with E-state index < -0.39 is 48.9 Å². The van der Waals surface area contributed by atoms with Crippen LogP contribution in [-0.4, -0.2) is 63.5 Å². The zero-order chi connectivity index (χ0) is 26.5. The van der Waals surface area contributed by atoms with Crippen LogP contribution in [0.4, 0.5) is 0 Å². The molecule has 0 bridgehead atoms. The Morgan fingerprint density at radius 1 is 0.737 bits per heavy atom. The molecule has 2 aliphatic heterocycles. The van der Waals surface area contributed by atoms with Gasteiger partial charge < -0.3 is 33.2 Å². The van der Waals surface area contributed by atoms with Gasteiger partial charge in [-0.25, -0.2) is 9.59 Å². The molecule has 5 rings (SSSR count). The summed E-state index contributed by atoms with van der Waals surface area (Å²) in [5.41, 5.74) is 1.42. The van der Waals surface area contributed by atoms with Crippen molar-refractivity contribution in [3.05, 3.63) is 102 Å². The maximum Gasteiger partial charge on any atom is 0.338 e. The second-order valence-corrected chi connectivity index (χ2v) is 8.79. The summed E-state index contributed by atoms with van der Waals surface area (Å²) in [5.74, 6) is -0.517. The first-order valence-corrected chi connectivity index (χ1v) is 12.2. The van der Waals surface area contributed by atoms with Crippen molar-refractivity contribution >= 4 is 11.9 Å². The zero-order valence-electron chi connectivity index (χ0n) is 20.9. The van der Waals surface area contributed by atoms with Gasteiger partial charge in [0.25, 0.3) is 0 Å². The van der Waals surface area contributed by atoms with E-state index in [0.717, 1.165) is 5.56 Å². The maximum absolute atomic E-state index is 13.2. The summed E-state index contributed by atoms with van der Waals surface area (Å²) in [4.78, 5) is 26.2. The molecule has 0 spiro atoms. The van der Waals surface area contributed by atoms with E-state index in [4.69, 9.17) is 33.2 Å². The highest BCUT2D eigenvalue weighted by atomic mass is 16.8. The molecule has 0 unspecified atom stereocenters. The topological polar surface area (TPSA) is 98.8 Å². The van der Waals surface area contributed by atoms with Crippen LogP contribution in [-0.2, 0) is 28.4 Å². The van der Waals surface area contributed by atoms with Crippen molar-refractivity contribution in [3.8, 4) is 5.75 Å². The highest BCUT2D eigenvalue weighted by Gasteiger charge is 2.54. The predicted octanol–water partition coefficient (Wildman–Crippen LogP) is 3.93. The Morgan fingerprint density at radius 2 is 1.32 bits per heavy atom. The lowest BCUT2D eigenvalue weighted by molar-refractivity contribution is -0.356. The molecule has 0 saturated carbocycles. The van der Waals surface area contributed by atoms with Gasteiger partial charge in [-0.15, -0.1) is 0 Å². The van der Waals surface area contributed by atoms with Gasteiger partial charge in [0.2, 0.25) is 0 Å². The largest absolute Gasteiger partial charge is 0.497 e. The van der Waals surface area contributed by atoms with Gasteiger partial charge in [-0.3, -0.25) is 0 Å². The molecule has 0 amide bonds. The predicted molar refractivity (Wildman–Crippen MR) is 134 cm³/mol. The van der Waals surface area contributed by atoms with Crippen molar-refractivity contribution in [2.75, 3.05) is 20.8 Å². The Labute approximate surface area is 220 Å². The van der Waals surface area contributed by atoms with Crippen LogP contribution in [0.5, 0.6) is 5.75 Å². The zero-order valence-corrected chi connectivity index (χ0v) is 20.9. The van der Waals surface area contributed by atoms with Gasteiger partial charge >= 0.3 is 11.9 Å². The molecule has 3 aromatic carbocycles. The summed E-state index contributed by atoms with van der Waals surface area (Å²) in [6.07, 6.45) is -5.42. The lowest BCUT2D eigenvalue weighted by atomic mass is 9.97. The van der Waals surface area contributed by atoms with Crippen LogP contribution in [0.1, 0.15) is 32.6 Å². The van der Waals surface area contributed by atoms with Crippen molar-refractivity contribution in [2.45, 2.75) is 37.0 Å². The molecule has 2 aliphatic rings. The molecular weight excluding hydrogens is 492 g/mol. The van der Waals surface area contributed by atoms with Crippen molar-refractivity contribution in [2.24, 2.45) is 0 Å². The Hall–Kier alpha value is -3.76. The number of benzene rings is 3. The van der Waals surface area contributed by atoms with E-state index in [1.54, 1.807) is 79.9 Å². The molecule has 198 valence electrons. The van der Waals surface area contributed by atoms with Crippen LogP contribution in [0.3, 0.4) is 0 Å². The van der Waals surface area contributed by atoms with E-state index in [9.17, 15) is 9.59 Å². The van der Waals surface area contributed by atoms with Crippen molar-refractivity contribution in [1.29, 1.82) is 0 Å². The number of rotatable bonds is 7. The van der Waals surface area contributed by atoms with Crippen LogP contribution in [0.2, 0.25) is 0 Å². The van der Waals surface area contributed by atoms with E-state index in [0.29, 0.717) is 16.9 Å². The Morgan fingerprint density at radius 3 is 1.87 bits per heavy atom. The Kier molecular flexibility index (Phi) is 8.00. The van der Waals surface area contributed by atoms with Gasteiger partial charge in [0.1, 0.15) is 18.0 Å². The van der Waals surface area contributed by atoms with E-state index >= 15 is 0 Å². The van der Waals surface area contributed by atoms with Gasteiger partial charge in [-0.2, -0.15) is 0 Å². The summed E-state index contributed by atoms with van der Waals surface area (Å²) in [6, 6.07) is 24.3. The van der Waals surface area contributed by atoms with Crippen molar-refractivity contribution in [3.63, 3.8) is 0 Å². The van der Waals surface area contributed by atoms with E-state index in [2.05, 4.69) is 0 Å². The normalized spacial score (nSPS) is 26.6. The van der Waals surface area contributed by atoms with Crippen LogP contribution in [0.25, 0.3) is 0 Å². The quantitative estimate of drug-likeness (QED) is 0.429. The highest BCUT2D eigenvalue weighted by molar-refractivity contribution is 5.90. The van der Waals surface area contributed by atoms with Crippen LogP contribution < -0.4 is 4.74 Å². The number of carbonyl (C=O) groups excluding carboxylic acids is 2. The molecule has 9 nitrogen and oxygen atoms in total. The lowest BCUT2D eigenvalue weighted by Crippen LogP contribution is -2.64. The Bertz CT molecular complexity index is 1220. The summed E-state index contributed by atoms with van der Waals surface area (Å²) in [7, 11) is 3.01. The van der Waals surface area contributed by atoms with Crippen LogP contribution in [0, 0.1) is 0 Å². The molecule has 2 heterocycles. The fourth-order valence-corrected chi connectivity index (χ4v) is 4.46. The van der Waals surface area contributed by atoms with Crippen LogP contribution >= 0.6 is 0 Å². The molecule has 0 aliphatic carbocycles. The molecule has 2 saturated heterocycles. The third-order valence-electron chi connectivity index (χ3n) is 6.41. The standard InChI is InChI=1S/C29H28O9/c1-32-21-15-13-20(14-16-21)28-34-17-22-23(38-28)24(36-26(30)18-9-5-3-6-10-18)25(29(33-2)35-22)37-27(31)19-11-7-4-8-12-19/h3-16,22-25,28-29H,17H2,1-2H3/t22-,23-,24+,25-,28+,29+/m1/s1. The third kappa shape index (κ3) is 5.56. The molecular formula is C29H28O9. The van der Waals surface area contributed by atoms with Gasteiger partial charge in [0.05, 0.1) is 24.8 Å². The number of hydrogen-bond donors (Lipinski definition) is 0. The SMILES string of the molecule is COc1ccc([C@H]2OC[C@H]3O[C@H](OC)[C@H](OC(=O)c4ccccc4)[C@@H](OC(=O)c4ccccc4)[C@@H]3O2)cc1. The number of hydrogen-bond acceptors (Lipinski definition) is 9. The van der Waals surface area contributed by atoms with Crippen molar-refractivity contribution < 1.29 is 42.7 Å². The number of carbonyl (C=O) groups is 2. The monoisotopic (exact) mass is 520 g/mol. The van der Waals surface area contributed by atoms with E-state index in [1.165, 1.54) is 7.11 Å². The minimum absolute atomic E-state index is 0.139. The summed E-state index contributed by atoms with van der Waals surface area (Å²) in [5, 5.41) is 0. The fourth-order valence-electron chi connectivity index (χ4n) is 4.46. The third-order valence-corrected chi connectivity index (χ3v) is 6.41. The first-order valence-electron chi connectivity index (χ1n) is 12.2. The maximum atomic E-state index is 13.2. The molecule has 0 radical (unpaired) electrons. The summed E-state index contributed by atoms with van der Waals surface area (Å²) in [6.45, 7) is 0.139. The second kappa shape index (κ2) is 11.7. The lowest BCUT2D eigenvalue weighted by Gasteiger charge is -2.47. The molecule has 2 fully saturated rings. The average molecular weight is 521 g/mol.